The minimum atomic E-state index is -0.691. The minimum Gasteiger partial charge on any atom is -0.384 e. The largest absolute Gasteiger partial charge is 0.384 e. The highest BCUT2D eigenvalue weighted by atomic mass is 19.1. The molecule has 1 amide bonds. The second-order valence-corrected chi connectivity index (χ2v) is 2.87. The van der Waals surface area contributed by atoms with Gasteiger partial charge in [0.2, 0.25) is 5.91 Å². The van der Waals surface area contributed by atoms with Crippen molar-refractivity contribution in [1.29, 1.82) is 0 Å². The fourth-order valence-corrected chi connectivity index (χ4v) is 1.03. The lowest BCUT2D eigenvalue weighted by Crippen LogP contribution is -2.21. The molecule has 0 aliphatic carbocycles. The number of hydrogen-bond acceptors (Lipinski definition) is 3. The number of amides is 1. The molecule has 0 saturated heterocycles. The first-order valence-electron chi connectivity index (χ1n) is 4.24. The van der Waals surface area contributed by atoms with Gasteiger partial charge in [-0.25, -0.2) is 14.3 Å². The van der Waals surface area contributed by atoms with E-state index in [0.717, 1.165) is 18.2 Å². The molecule has 0 aliphatic heterocycles. The highest BCUT2D eigenvalue weighted by Crippen LogP contribution is 2.12. The lowest BCUT2D eigenvalue weighted by atomic mass is 10.3. The Kier molecular flexibility index (Phi) is 3.99. The first kappa shape index (κ1) is 11.4. The predicted molar refractivity (Wildman–Crippen MR) is 49.4 cm³/mol. The van der Waals surface area contributed by atoms with Crippen LogP contribution in [0.25, 0.3) is 0 Å². The number of hydrogen-bond donors (Lipinski definition) is 3. The normalized spacial score (nSPS) is 9.80. The van der Waals surface area contributed by atoms with Gasteiger partial charge >= 0.3 is 0 Å². The maximum Gasteiger partial charge on any atom is 0.245 e. The van der Waals surface area contributed by atoms with Crippen LogP contribution in [0.1, 0.15) is 6.42 Å². The van der Waals surface area contributed by atoms with E-state index in [9.17, 15) is 13.6 Å². The molecule has 3 N–H and O–H groups in total. The summed E-state index contributed by atoms with van der Waals surface area (Å²) in [5.41, 5.74) is 1.70. The van der Waals surface area contributed by atoms with Crippen LogP contribution in [-0.4, -0.2) is 17.7 Å². The molecular formula is C9H10F2N2O2. The van der Waals surface area contributed by atoms with Gasteiger partial charge in [-0.05, 0) is 12.1 Å². The number of nitrogens with one attached hydrogen (secondary N) is 2. The lowest BCUT2D eigenvalue weighted by Gasteiger charge is -2.05. The van der Waals surface area contributed by atoms with E-state index in [4.69, 9.17) is 5.21 Å². The van der Waals surface area contributed by atoms with Crippen LogP contribution in [0.3, 0.4) is 0 Å². The van der Waals surface area contributed by atoms with Crippen molar-refractivity contribution in [3.05, 3.63) is 29.8 Å². The van der Waals surface area contributed by atoms with Gasteiger partial charge in [0.05, 0.1) is 0 Å². The zero-order valence-electron chi connectivity index (χ0n) is 7.76. The number of rotatable bonds is 4. The average Bonchev–Trinajstić information content (AvgIpc) is 2.16. The van der Waals surface area contributed by atoms with Gasteiger partial charge in [0, 0.05) is 24.7 Å². The summed E-state index contributed by atoms with van der Waals surface area (Å²) in [6.45, 7) is 0.176. The highest BCUT2D eigenvalue weighted by molar-refractivity contribution is 5.75. The fraction of sp³-hybridized carbons (Fsp3) is 0.222. The van der Waals surface area contributed by atoms with E-state index in [0.29, 0.717) is 0 Å². The SMILES string of the molecule is O=C(CCNc1cc(F)cc(F)c1)NO. The van der Waals surface area contributed by atoms with Crippen LogP contribution >= 0.6 is 0 Å². The van der Waals surface area contributed by atoms with Crippen molar-refractivity contribution in [2.45, 2.75) is 6.42 Å². The maximum atomic E-state index is 12.7. The Balaban J connectivity index is 2.47. The van der Waals surface area contributed by atoms with E-state index in [2.05, 4.69) is 5.32 Å². The number of halogens is 2. The number of hydroxylamine groups is 1. The van der Waals surface area contributed by atoms with Crippen molar-refractivity contribution in [3.63, 3.8) is 0 Å². The molecule has 0 heterocycles. The van der Waals surface area contributed by atoms with Crippen molar-refractivity contribution in [3.8, 4) is 0 Å². The van der Waals surface area contributed by atoms with Crippen LogP contribution in [0.15, 0.2) is 18.2 Å². The monoisotopic (exact) mass is 216 g/mol. The quantitative estimate of drug-likeness (QED) is 0.524. The first-order chi connectivity index (χ1) is 7.11. The first-order valence-corrected chi connectivity index (χ1v) is 4.24. The molecule has 1 aromatic rings. The van der Waals surface area contributed by atoms with Crippen molar-refractivity contribution in [2.75, 3.05) is 11.9 Å². The summed E-state index contributed by atoms with van der Waals surface area (Å²) in [5.74, 6) is -1.95. The Labute approximate surface area is 84.9 Å². The summed E-state index contributed by atoms with van der Waals surface area (Å²) in [6, 6.07) is 2.98. The molecule has 0 radical (unpaired) electrons. The molecule has 82 valence electrons. The Hall–Kier alpha value is -1.69. The molecule has 1 rings (SSSR count). The van der Waals surface area contributed by atoms with Gasteiger partial charge in [-0.2, -0.15) is 0 Å². The summed E-state index contributed by atoms with van der Waals surface area (Å²) in [6.07, 6.45) is 0.00856. The van der Waals surface area contributed by atoms with E-state index in [1.165, 1.54) is 5.48 Å². The molecule has 15 heavy (non-hydrogen) atoms. The van der Waals surface area contributed by atoms with Crippen molar-refractivity contribution in [2.24, 2.45) is 0 Å². The molecule has 0 aromatic heterocycles. The van der Waals surface area contributed by atoms with Crippen LogP contribution in [0.2, 0.25) is 0 Å². The summed E-state index contributed by atoms with van der Waals surface area (Å²) < 4.78 is 25.4. The highest BCUT2D eigenvalue weighted by Gasteiger charge is 2.01. The molecule has 0 unspecified atom stereocenters. The zero-order valence-corrected chi connectivity index (χ0v) is 7.76. The smallest absolute Gasteiger partial charge is 0.245 e. The molecule has 0 aliphatic rings. The molecular weight excluding hydrogens is 206 g/mol. The second kappa shape index (κ2) is 5.26. The molecule has 1 aromatic carbocycles. The summed E-state index contributed by atoms with van der Waals surface area (Å²) in [5, 5.41) is 10.8. The Bertz CT molecular complexity index is 338. The molecule has 0 atom stereocenters. The fourth-order valence-electron chi connectivity index (χ4n) is 1.03. The Morgan fingerprint density at radius 2 is 1.87 bits per heavy atom. The van der Waals surface area contributed by atoms with Gasteiger partial charge in [-0.3, -0.25) is 10.0 Å². The number of carbonyl (C=O) groups excluding carboxylic acids is 1. The second-order valence-electron chi connectivity index (χ2n) is 2.87. The van der Waals surface area contributed by atoms with Crippen molar-refractivity contribution in [1.82, 2.24) is 5.48 Å². The molecule has 0 spiro atoms. The van der Waals surface area contributed by atoms with Gasteiger partial charge in [0.1, 0.15) is 11.6 Å². The third kappa shape index (κ3) is 3.90. The topological polar surface area (TPSA) is 61.4 Å². The number of anilines is 1. The predicted octanol–water partition coefficient (Wildman–Crippen LogP) is 1.27. The van der Waals surface area contributed by atoms with E-state index in [-0.39, 0.29) is 18.7 Å². The molecule has 6 heteroatoms. The van der Waals surface area contributed by atoms with Gasteiger partial charge in [-0.15, -0.1) is 0 Å². The van der Waals surface area contributed by atoms with Crippen LogP contribution in [0.4, 0.5) is 14.5 Å². The van der Waals surface area contributed by atoms with Crippen LogP contribution in [0, 0.1) is 11.6 Å². The van der Waals surface area contributed by atoms with Crippen molar-refractivity contribution >= 4 is 11.6 Å². The standard InChI is InChI=1S/C9H10F2N2O2/c10-6-3-7(11)5-8(4-6)12-2-1-9(14)13-15/h3-5,12,15H,1-2H2,(H,13,14). The van der Waals surface area contributed by atoms with Crippen molar-refractivity contribution < 1.29 is 18.8 Å². The van der Waals surface area contributed by atoms with Gasteiger partial charge in [0.15, 0.2) is 0 Å². The molecule has 0 saturated carbocycles. The maximum absolute atomic E-state index is 12.7. The minimum absolute atomic E-state index is 0.00856. The van der Waals surface area contributed by atoms with Gasteiger partial charge < -0.3 is 5.32 Å². The summed E-state index contributed by atoms with van der Waals surface area (Å²) in [4.78, 5) is 10.6. The lowest BCUT2D eigenvalue weighted by molar-refractivity contribution is -0.128. The van der Waals surface area contributed by atoms with E-state index < -0.39 is 17.5 Å². The Morgan fingerprint density at radius 3 is 2.40 bits per heavy atom. The zero-order chi connectivity index (χ0) is 11.3. The number of benzene rings is 1. The van der Waals surface area contributed by atoms with Crippen LogP contribution in [0.5, 0.6) is 0 Å². The van der Waals surface area contributed by atoms with Crippen LogP contribution < -0.4 is 10.8 Å². The van der Waals surface area contributed by atoms with Gasteiger partial charge in [0.25, 0.3) is 0 Å². The number of carbonyl (C=O) groups is 1. The van der Waals surface area contributed by atoms with E-state index in [1.807, 2.05) is 0 Å². The molecule has 4 nitrogen and oxygen atoms in total. The average molecular weight is 216 g/mol. The van der Waals surface area contributed by atoms with Gasteiger partial charge in [-0.1, -0.05) is 0 Å². The van der Waals surface area contributed by atoms with E-state index in [1.54, 1.807) is 0 Å². The van der Waals surface area contributed by atoms with E-state index >= 15 is 0 Å². The summed E-state index contributed by atoms with van der Waals surface area (Å²) >= 11 is 0. The summed E-state index contributed by atoms with van der Waals surface area (Å²) in [7, 11) is 0. The molecule has 0 bridgehead atoms. The van der Waals surface area contributed by atoms with Crippen LogP contribution in [-0.2, 0) is 4.79 Å². The molecule has 0 fully saturated rings. The third-order valence-corrected chi connectivity index (χ3v) is 1.67. The Morgan fingerprint density at radius 1 is 1.27 bits per heavy atom. The third-order valence-electron chi connectivity index (χ3n) is 1.67.